The predicted molar refractivity (Wildman–Crippen MR) is 133 cm³/mol. The highest BCUT2D eigenvalue weighted by molar-refractivity contribution is 6.27. The Morgan fingerprint density at radius 2 is 1.62 bits per heavy atom. The monoisotopic (exact) mass is 479 g/mol. The summed E-state index contributed by atoms with van der Waals surface area (Å²) in [5.74, 6) is 1.18. The van der Waals surface area contributed by atoms with Crippen LogP contribution in [0.25, 0.3) is 17.2 Å². The molecule has 3 N–H and O–H groups in total. The fourth-order valence-electron chi connectivity index (χ4n) is 7.04. The number of phenols is 1. The second kappa shape index (κ2) is 9.10. The largest absolute Gasteiger partial charge is 0.507 e. The normalized spacial score (nSPS) is 27.3. The number of carboxylic acids is 1. The van der Waals surface area contributed by atoms with Crippen LogP contribution in [-0.4, -0.2) is 28.0 Å². The van der Waals surface area contributed by atoms with E-state index in [9.17, 15) is 14.7 Å². The first-order valence-corrected chi connectivity index (χ1v) is 12.6. The van der Waals surface area contributed by atoms with Crippen LogP contribution in [-0.2, 0) is 21.5 Å². The first-order chi connectivity index (χ1) is 16.3. The molecule has 6 heteroatoms. The van der Waals surface area contributed by atoms with Crippen LogP contribution in [0.15, 0.2) is 42.5 Å². The van der Waals surface area contributed by atoms with E-state index in [0.29, 0.717) is 11.3 Å². The first-order valence-electron chi connectivity index (χ1n) is 12.1. The molecule has 34 heavy (non-hydrogen) atoms. The van der Waals surface area contributed by atoms with Gasteiger partial charge in [0.15, 0.2) is 0 Å². The topological polar surface area (TPSA) is 86.6 Å². The summed E-state index contributed by atoms with van der Waals surface area (Å²) >= 11 is 5.67. The molecular formula is C28H30ClNO4. The molecule has 4 saturated carbocycles. The van der Waals surface area contributed by atoms with Crippen molar-refractivity contribution < 1.29 is 19.8 Å². The van der Waals surface area contributed by atoms with Gasteiger partial charge < -0.3 is 15.5 Å². The molecule has 4 aliphatic rings. The molecule has 0 spiro atoms. The van der Waals surface area contributed by atoms with Crippen molar-refractivity contribution in [2.24, 2.45) is 17.8 Å². The van der Waals surface area contributed by atoms with Crippen molar-refractivity contribution in [3.8, 4) is 16.9 Å². The highest BCUT2D eigenvalue weighted by Gasteiger charge is 2.52. The van der Waals surface area contributed by atoms with Crippen LogP contribution in [0.4, 0.5) is 0 Å². The number of carbonyl (C=O) groups is 2. The van der Waals surface area contributed by atoms with Crippen LogP contribution in [0.1, 0.15) is 55.2 Å². The summed E-state index contributed by atoms with van der Waals surface area (Å²) < 4.78 is 0. The standard InChI is InChI=1S/C28H30ClNO4/c29-15-25(31)30-16-23-10-22(21-4-1-17(2-5-21)3-6-26(32)33)11-24(27(23)34)28-12-18-7-19(13-28)9-20(8-18)14-28/h1-6,10-11,18-20,34H,7-9,12-16H2,(H,30,31)(H,32,33)/b6-3+. The molecule has 0 atom stereocenters. The Morgan fingerprint density at radius 1 is 1.00 bits per heavy atom. The number of hydrogen-bond acceptors (Lipinski definition) is 3. The predicted octanol–water partition coefficient (Wildman–Crippen LogP) is 5.48. The van der Waals surface area contributed by atoms with Gasteiger partial charge in [-0.3, -0.25) is 4.79 Å². The minimum atomic E-state index is -0.980. The molecule has 0 heterocycles. The molecular weight excluding hydrogens is 450 g/mol. The maximum Gasteiger partial charge on any atom is 0.328 e. The molecule has 4 fully saturated rings. The Bertz CT molecular complexity index is 1100. The van der Waals surface area contributed by atoms with Gasteiger partial charge in [-0.15, -0.1) is 11.6 Å². The molecule has 0 aliphatic heterocycles. The first kappa shape index (κ1) is 23.0. The Balaban J connectivity index is 1.54. The molecule has 0 aromatic heterocycles. The molecule has 2 aromatic carbocycles. The average Bonchev–Trinajstić information content (AvgIpc) is 2.81. The van der Waals surface area contributed by atoms with Crippen molar-refractivity contribution in [2.75, 3.05) is 5.88 Å². The van der Waals surface area contributed by atoms with Gasteiger partial charge in [0, 0.05) is 23.7 Å². The van der Waals surface area contributed by atoms with Crippen LogP contribution in [0.2, 0.25) is 0 Å². The van der Waals surface area contributed by atoms with Crippen LogP contribution >= 0.6 is 11.6 Å². The molecule has 1 amide bonds. The zero-order chi connectivity index (χ0) is 23.9. The Morgan fingerprint density at radius 3 is 2.18 bits per heavy atom. The second-order valence-electron chi connectivity index (χ2n) is 10.4. The average molecular weight is 480 g/mol. The van der Waals surface area contributed by atoms with E-state index in [2.05, 4.69) is 11.4 Å². The molecule has 5 nitrogen and oxygen atoms in total. The fourth-order valence-corrected chi connectivity index (χ4v) is 7.13. The third kappa shape index (κ3) is 4.46. The number of carboxylic acid groups (broad SMARTS) is 1. The number of phenolic OH excluding ortho intramolecular Hbond substituents is 1. The van der Waals surface area contributed by atoms with Crippen molar-refractivity contribution >= 4 is 29.6 Å². The van der Waals surface area contributed by atoms with Gasteiger partial charge in [0.1, 0.15) is 11.6 Å². The van der Waals surface area contributed by atoms with Crippen molar-refractivity contribution in [2.45, 2.75) is 50.5 Å². The van der Waals surface area contributed by atoms with Crippen molar-refractivity contribution in [3.05, 3.63) is 59.2 Å². The van der Waals surface area contributed by atoms with Crippen LogP contribution in [0.3, 0.4) is 0 Å². The van der Waals surface area contributed by atoms with Gasteiger partial charge in [-0.2, -0.15) is 0 Å². The zero-order valence-corrected chi connectivity index (χ0v) is 19.9. The van der Waals surface area contributed by atoms with E-state index in [1.807, 2.05) is 30.3 Å². The third-order valence-electron chi connectivity index (χ3n) is 8.06. The van der Waals surface area contributed by atoms with E-state index in [4.69, 9.17) is 16.7 Å². The lowest BCUT2D eigenvalue weighted by atomic mass is 9.48. The van der Waals surface area contributed by atoms with Crippen molar-refractivity contribution in [1.82, 2.24) is 5.32 Å². The van der Waals surface area contributed by atoms with Gasteiger partial charge in [0.05, 0.1) is 0 Å². The maximum absolute atomic E-state index is 11.8. The molecule has 178 valence electrons. The maximum atomic E-state index is 11.8. The second-order valence-corrected chi connectivity index (χ2v) is 10.7. The van der Waals surface area contributed by atoms with Crippen LogP contribution in [0, 0.1) is 17.8 Å². The van der Waals surface area contributed by atoms with E-state index in [1.165, 1.54) is 19.3 Å². The Labute approximate surface area is 204 Å². The van der Waals surface area contributed by atoms with Gasteiger partial charge in [0.25, 0.3) is 0 Å². The Hall–Kier alpha value is -2.79. The van der Waals surface area contributed by atoms with Gasteiger partial charge in [0.2, 0.25) is 5.91 Å². The number of alkyl halides is 1. The summed E-state index contributed by atoms with van der Waals surface area (Å²) in [6.07, 6.45) is 10.0. The van der Waals surface area contributed by atoms with E-state index < -0.39 is 5.97 Å². The number of rotatable bonds is 7. The van der Waals surface area contributed by atoms with Gasteiger partial charge >= 0.3 is 5.97 Å². The zero-order valence-electron chi connectivity index (χ0n) is 19.1. The third-order valence-corrected chi connectivity index (χ3v) is 8.30. The number of benzene rings is 2. The lowest BCUT2D eigenvalue weighted by Crippen LogP contribution is -2.48. The van der Waals surface area contributed by atoms with Gasteiger partial charge in [-0.1, -0.05) is 24.3 Å². The smallest absolute Gasteiger partial charge is 0.328 e. The SMILES string of the molecule is O=C(O)/C=C/c1ccc(-c2cc(CNC(=O)CCl)c(O)c(C34CC5CC(CC(C5)C3)C4)c2)cc1. The molecule has 0 unspecified atom stereocenters. The molecule has 0 radical (unpaired) electrons. The summed E-state index contributed by atoms with van der Waals surface area (Å²) in [5.41, 5.74) is 4.52. The molecule has 2 aromatic rings. The van der Waals surface area contributed by atoms with Gasteiger partial charge in [-0.05, 0) is 96.6 Å². The van der Waals surface area contributed by atoms with E-state index in [0.717, 1.165) is 65.3 Å². The number of nitrogens with one attached hydrogen (secondary N) is 1. The summed E-state index contributed by atoms with van der Waals surface area (Å²) in [5, 5.41) is 23.1. The fraction of sp³-hybridized carbons (Fsp3) is 0.429. The van der Waals surface area contributed by atoms with Crippen LogP contribution in [0.5, 0.6) is 5.75 Å². The highest BCUT2D eigenvalue weighted by atomic mass is 35.5. The van der Waals surface area contributed by atoms with Crippen molar-refractivity contribution in [1.29, 1.82) is 0 Å². The number of halogens is 1. The number of aliphatic carboxylic acids is 1. The minimum Gasteiger partial charge on any atom is -0.507 e. The highest BCUT2D eigenvalue weighted by Crippen LogP contribution is 2.62. The lowest BCUT2D eigenvalue weighted by molar-refractivity contribution is -0.131. The van der Waals surface area contributed by atoms with Gasteiger partial charge in [-0.25, -0.2) is 4.79 Å². The molecule has 6 rings (SSSR count). The lowest BCUT2D eigenvalue weighted by Gasteiger charge is -2.57. The number of aromatic hydroxyl groups is 1. The van der Waals surface area contributed by atoms with E-state index >= 15 is 0 Å². The number of amides is 1. The molecule has 4 aliphatic carbocycles. The summed E-state index contributed by atoms with van der Waals surface area (Å²) in [4.78, 5) is 22.6. The van der Waals surface area contributed by atoms with Crippen LogP contribution < -0.4 is 5.32 Å². The van der Waals surface area contributed by atoms with E-state index in [-0.39, 0.29) is 23.7 Å². The molecule has 0 saturated heterocycles. The summed E-state index contributed by atoms with van der Waals surface area (Å²) in [7, 11) is 0. The molecule has 4 bridgehead atoms. The quantitative estimate of drug-likeness (QED) is 0.362. The Kier molecular flexibility index (Phi) is 6.15. The number of hydrogen-bond donors (Lipinski definition) is 3. The number of carbonyl (C=O) groups excluding carboxylic acids is 1. The summed E-state index contributed by atoms with van der Waals surface area (Å²) in [6, 6.07) is 11.8. The summed E-state index contributed by atoms with van der Waals surface area (Å²) in [6.45, 7) is 0.226. The van der Waals surface area contributed by atoms with Crippen molar-refractivity contribution in [3.63, 3.8) is 0 Å². The minimum absolute atomic E-state index is 0.00422. The van der Waals surface area contributed by atoms with E-state index in [1.54, 1.807) is 6.08 Å².